The first-order chi connectivity index (χ1) is 5.24. The van der Waals surface area contributed by atoms with Gasteiger partial charge in [0.15, 0.2) is 0 Å². The topological polar surface area (TPSA) is 30.0 Å². The van der Waals surface area contributed by atoms with Gasteiger partial charge in [-0.25, -0.2) is 4.98 Å². The van der Waals surface area contributed by atoms with Gasteiger partial charge in [-0.2, -0.15) is 0 Å². The Morgan fingerprint density at radius 3 is 2.91 bits per heavy atom. The number of carbonyl (C=O) groups is 1. The predicted molar refractivity (Wildman–Crippen MR) is 43.5 cm³/mol. The number of nitrogens with zero attached hydrogens (tertiary/aromatic N) is 1. The highest BCUT2D eigenvalue weighted by atomic mass is 16.1. The summed E-state index contributed by atoms with van der Waals surface area (Å²) in [6, 6.07) is 5.33. The summed E-state index contributed by atoms with van der Waals surface area (Å²) in [4.78, 5) is 15.0. The lowest BCUT2D eigenvalue weighted by molar-refractivity contribution is 0.104. The van der Waals surface area contributed by atoms with Crippen molar-refractivity contribution < 1.29 is 4.79 Å². The molecule has 0 amide bonds. The largest absolute Gasteiger partial charge is 0.288 e. The van der Waals surface area contributed by atoms with Crippen LogP contribution in [0.5, 0.6) is 0 Å². The van der Waals surface area contributed by atoms with Crippen molar-refractivity contribution in [3.63, 3.8) is 0 Å². The van der Waals surface area contributed by atoms with E-state index in [1.165, 1.54) is 6.08 Å². The molecule has 0 fully saturated rings. The summed E-state index contributed by atoms with van der Waals surface area (Å²) in [5.74, 6) is -0.131. The number of ketones is 1. The lowest BCUT2D eigenvalue weighted by atomic mass is 10.2. The molecule has 0 aliphatic heterocycles. The number of carbonyl (C=O) groups excluding carboxylic acids is 1. The molecule has 2 nitrogen and oxygen atoms in total. The van der Waals surface area contributed by atoms with E-state index in [-0.39, 0.29) is 5.78 Å². The third kappa shape index (κ3) is 1.74. The van der Waals surface area contributed by atoms with E-state index in [0.29, 0.717) is 5.69 Å². The van der Waals surface area contributed by atoms with Crippen LogP contribution >= 0.6 is 0 Å². The van der Waals surface area contributed by atoms with Gasteiger partial charge in [-0.05, 0) is 25.1 Å². The van der Waals surface area contributed by atoms with Crippen LogP contribution in [0.1, 0.15) is 16.2 Å². The summed E-state index contributed by atoms with van der Waals surface area (Å²) < 4.78 is 0. The highest BCUT2D eigenvalue weighted by Gasteiger charge is 2.00. The second kappa shape index (κ2) is 3.10. The third-order valence-electron chi connectivity index (χ3n) is 1.33. The summed E-state index contributed by atoms with van der Waals surface area (Å²) in [5.41, 5.74) is 1.30. The molecule has 11 heavy (non-hydrogen) atoms. The van der Waals surface area contributed by atoms with Crippen LogP contribution in [-0.2, 0) is 0 Å². The molecule has 0 saturated heterocycles. The lowest BCUT2D eigenvalue weighted by Crippen LogP contribution is -1.98. The summed E-state index contributed by atoms with van der Waals surface area (Å²) >= 11 is 0. The van der Waals surface area contributed by atoms with Crippen molar-refractivity contribution in [3.05, 3.63) is 42.2 Å². The SMILES string of the molecule is C=CC(=O)c1cccc(C)n1. The molecular formula is C9H9NO. The van der Waals surface area contributed by atoms with Crippen LogP contribution in [-0.4, -0.2) is 10.8 Å². The summed E-state index contributed by atoms with van der Waals surface area (Å²) in [6.45, 7) is 5.22. The zero-order chi connectivity index (χ0) is 8.27. The van der Waals surface area contributed by atoms with Crippen LogP contribution in [0.15, 0.2) is 30.9 Å². The first-order valence-corrected chi connectivity index (χ1v) is 3.34. The summed E-state index contributed by atoms with van der Waals surface area (Å²) in [7, 11) is 0. The molecule has 0 aliphatic carbocycles. The zero-order valence-corrected chi connectivity index (χ0v) is 6.37. The lowest BCUT2D eigenvalue weighted by Gasteiger charge is -1.94. The fourth-order valence-electron chi connectivity index (χ4n) is 0.785. The molecule has 0 saturated carbocycles. The number of allylic oxidation sites excluding steroid dienone is 1. The standard InChI is InChI=1S/C9H9NO/c1-3-9(11)8-6-4-5-7(2)10-8/h3-6H,1H2,2H3. The van der Waals surface area contributed by atoms with Crippen molar-refractivity contribution in [2.75, 3.05) is 0 Å². The molecule has 0 unspecified atom stereocenters. The number of hydrogen-bond acceptors (Lipinski definition) is 2. The highest BCUT2D eigenvalue weighted by Crippen LogP contribution is 1.98. The van der Waals surface area contributed by atoms with Gasteiger partial charge in [0.1, 0.15) is 5.69 Å². The normalized spacial score (nSPS) is 9.18. The first-order valence-electron chi connectivity index (χ1n) is 3.34. The van der Waals surface area contributed by atoms with Crippen molar-refractivity contribution in [2.45, 2.75) is 6.92 Å². The second-order valence-electron chi connectivity index (χ2n) is 2.23. The molecule has 2 heteroatoms. The van der Waals surface area contributed by atoms with Crippen LogP contribution in [0.2, 0.25) is 0 Å². The predicted octanol–water partition coefficient (Wildman–Crippen LogP) is 1.76. The Balaban J connectivity index is 3.05. The summed E-state index contributed by atoms with van der Waals surface area (Å²) in [6.07, 6.45) is 1.27. The van der Waals surface area contributed by atoms with Crippen molar-refractivity contribution >= 4 is 5.78 Å². The van der Waals surface area contributed by atoms with Gasteiger partial charge in [0.2, 0.25) is 5.78 Å². The minimum absolute atomic E-state index is 0.131. The monoisotopic (exact) mass is 147 g/mol. The third-order valence-corrected chi connectivity index (χ3v) is 1.33. The maximum absolute atomic E-state index is 11.0. The Morgan fingerprint density at radius 2 is 2.36 bits per heavy atom. The van der Waals surface area contributed by atoms with E-state index in [1.807, 2.05) is 13.0 Å². The van der Waals surface area contributed by atoms with Crippen LogP contribution in [0, 0.1) is 6.92 Å². The average Bonchev–Trinajstić information content (AvgIpc) is 2.03. The Morgan fingerprint density at radius 1 is 1.64 bits per heavy atom. The summed E-state index contributed by atoms with van der Waals surface area (Å²) in [5, 5.41) is 0. The van der Waals surface area contributed by atoms with Crippen LogP contribution in [0.25, 0.3) is 0 Å². The smallest absolute Gasteiger partial charge is 0.203 e. The van der Waals surface area contributed by atoms with E-state index in [0.717, 1.165) is 5.69 Å². The van der Waals surface area contributed by atoms with Gasteiger partial charge in [-0.15, -0.1) is 0 Å². The molecule has 0 bridgehead atoms. The van der Waals surface area contributed by atoms with E-state index >= 15 is 0 Å². The van der Waals surface area contributed by atoms with Crippen LogP contribution in [0.4, 0.5) is 0 Å². The van der Waals surface area contributed by atoms with E-state index in [4.69, 9.17) is 0 Å². The van der Waals surface area contributed by atoms with Crippen molar-refractivity contribution in [2.24, 2.45) is 0 Å². The van der Waals surface area contributed by atoms with Gasteiger partial charge in [-0.3, -0.25) is 4.79 Å². The number of aromatic nitrogens is 1. The fraction of sp³-hybridized carbons (Fsp3) is 0.111. The van der Waals surface area contributed by atoms with Crippen molar-refractivity contribution in [3.8, 4) is 0 Å². The second-order valence-corrected chi connectivity index (χ2v) is 2.23. The molecule has 1 aromatic rings. The van der Waals surface area contributed by atoms with Crippen molar-refractivity contribution in [1.82, 2.24) is 4.98 Å². The van der Waals surface area contributed by atoms with E-state index in [1.54, 1.807) is 12.1 Å². The maximum Gasteiger partial charge on any atom is 0.203 e. The molecular weight excluding hydrogens is 138 g/mol. The van der Waals surface area contributed by atoms with Gasteiger partial charge < -0.3 is 0 Å². The molecule has 56 valence electrons. The molecule has 0 aliphatic rings. The van der Waals surface area contributed by atoms with E-state index < -0.39 is 0 Å². The fourth-order valence-corrected chi connectivity index (χ4v) is 0.785. The molecule has 1 heterocycles. The Bertz CT molecular complexity index is 291. The number of aryl methyl sites for hydroxylation is 1. The quantitative estimate of drug-likeness (QED) is 0.471. The molecule has 0 spiro atoms. The zero-order valence-electron chi connectivity index (χ0n) is 6.37. The van der Waals surface area contributed by atoms with Gasteiger partial charge in [-0.1, -0.05) is 12.6 Å². The molecule has 0 aromatic carbocycles. The average molecular weight is 147 g/mol. The minimum atomic E-state index is -0.131. The number of rotatable bonds is 2. The highest BCUT2D eigenvalue weighted by molar-refractivity contribution is 6.02. The van der Waals surface area contributed by atoms with Gasteiger partial charge >= 0.3 is 0 Å². The Labute approximate surface area is 65.6 Å². The van der Waals surface area contributed by atoms with Gasteiger partial charge in [0.05, 0.1) is 0 Å². The Kier molecular flexibility index (Phi) is 2.16. The van der Waals surface area contributed by atoms with Crippen LogP contribution in [0.3, 0.4) is 0 Å². The Hall–Kier alpha value is -1.44. The van der Waals surface area contributed by atoms with Gasteiger partial charge in [0.25, 0.3) is 0 Å². The molecule has 1 rings (SSSR count). The molecule has 0 N–H and O–H groups in total. The van der Waals surface area contributed by atoms with Crippen molar-refractivity contribution in [1.29, 1.82) is 0 Å². The maximum atomic E-state index is 11.0. The van der Waals surface area contributed by atoms with E-state index in [9.17, 15) is 4.79 Å². The van der Waals surface area contributed by atoms with Crippen LogP contribution < -0.4 is 0 Å². The van der Waals surface area contributed by atoms with Gasteiger partial charge in [0, 0.05) is 5.69 Å². The number of hydrogen-bond donors (Lipinski definition) is 0. The molecule has 0 atom stereocenters. The van der Waals surface area contributed by atoms with E-state index in [2.05, 4.69) is 11.6 Å². The minimum Gasteiger partial charge on any atom is -0.288 e. The molecule has 1 aromatic heterocycles. The molecule has 0 radical (unpaired) electrons. The number of pyridine rings is 1. The first kappa shape index (κ1) is 7.66.